The minimum absolute atomic E-state index is 0.670. The predicted octanol–water partition coefficient (Wildman–Crippen LogP) is 0.525. The van der Waals surface area contributed by atoms with Crippen LogP contribution in [0.5, 0.6) is 0 Å². The average Bonchev–Trinajstić information content (AvgIpc) is 2.40. The summed E-state index contributed by atoms with van der Waals surface area (Å²) >= 11 is 0. The molecule has 0 bridgehead atoms. The van der Waals surface area contributed by atoms with Crippen LogP contribution in [0, 0.1) is 0 Å². The second kappa shape index (κ2) is 6.02. The van der Waals surface area contributed by atoms with Crippen LogP contribution in [0.1, 0.15) is 5.56 Å². The molecule has 18 heavy (non-hydrogen) atoms. The van der Waals surface area contributed by atoms with Crippen molar-refractivity contribution in [2.24, 2.45) is 10.8 Å². The third-order valence-corrected chi connectivity index (χ3v) is 2.66. The fourth-order valence-corrected chi connectivity index (χ4v) is 1.76. The molecule has 0 unspecified atom stereocenters. The number of anilines is 1. The summed E-state index contributed by atoms with van der Waals surface area (Å²) in [4.78, 5) is 12.7. The maximum absolute atomic E-state index is 10.4. The summed E-state index contributed by atoms with van der Waals surface area (Å²) in [5.74, 6) is 0. The summed E-state index contributed by atoms with van der Waals surface area (Å²) in [7, 11) is 0. The number of ether oxygens (including phenoxy) is 1. The van der Waals surface area contributed by atoms with Gasteiger partial charge in [-0.25, -0.2) is 10.2 Å². The Bertz CT molecular complexity index is 424. The number of carbonyl (C=O) groups is 1. The molecule has 3 N–H and O–H groups in total. The number of carbonyl (C=O) groups excluding carboxylic acids is 1. The molecular formula is C12H16N4O2. The molecule has 6 heteroatoms. The molecule has 0 atom stereocenters. The van der Waals surface area contributed by atoms with Crippen LogP contribution in [0.2, 0.25) is 0 Å². The van der Waals surface area contributed by atoms with E-state index in [1.807, 2.05) is 24.3 Å². The van der Waals surface area contributed by atoms with Crippen LogP contribution >= 0.6 is 0 Å². The maximum atomic E-state index is 10.4. The topological polar surface area (TPSA) is 80.0 Å². The van der Waals surface area contributed by atoms with Crippen molar-refractivity contribution < 1.29 is 9.53 Å². The standard InChI is InChI=1S/C12H16N4O2/c13-12(17)15-14-9-10-1-3-11(4-2-10)16-5-7-18-8-6-16/h1-4,9H,5-8H2,(H3,13,15,17). The van der Waals surface area contributed by atoms with Gasteiger partial charge in [-0.05, 0) is 17.7 Å². The van der Waals surface area contributed by atoms with Gasteiger partial charge in [-0.2, -0.15) is 5.10 Å². The average molecular weight is 248 g/mol. The molecule has 1 saturated heterocycles. The first-order valence-corrected chi connectivity index (χ1v) is 5.77. The quantitative estimate of drug-likeness (QED) is 0.604. The lowest BCUT2D eigenvalue weighted by Gasteiger charge is -2.28. The molecule has 2 rings (SSSR count). The lowest BCUT2D eigenvalue weighted by molar-refractivity contribution is 0.122. The number of rotatable bonds is 3. The van der Waals surface area contributed by atoms with Crippen molar-refractivity contribution in [3.05, 3.63) is 29.8 Å². The van der Waals surface area contributed by atoms with E-state index in [0.29, 0.717) is 0 Å². The molecule has 0 radical (unpaired) electrons. The van der Waals surface area contributed by atoms with E-state index in [0.717, 1.165) is 31.9 Å². The first-order valence-electron chi connectivity index (χ1n) is 5.77. The maximum Gasteiger partial charge on any atom is 0.332 e. The number of nitrogens with two attached hydrogens (primary N) is 1. The van der Waals surface area contributed by atoms with E-state index in [1.54, 1.807) is 6.21 Å². The van der Waals surface area contributed by atoms with E-state index < -0.39 is 6.03 Å². The number of amides is 2. The highest BCUT2D eigenvalue weighted by Gasteiger charge is 2.10. The summed E-state index contributed by atoms with van der Waals surface area (Å²) in [5, 5.41) is 3.70. The minimum Gasteiger partial charge on any atom is -0.378 e. The van der Waals surface area contributed by atoms with Crippen molar-refractivity contribution >= 4 is 17.9 Å². The van der Waals surface area contributed by atoms with Crippen LogP contribution < -0.4 is 16.1 Å². The number of hydrazone groups is 1. The number of nitrogens with one attached hydrogen (secondary N) is 1. The van der Waals surface area contributed by atoms with Crippen molar-refractivity contribution in [1.82, 2.24) is 5.43 Å². The molecule has 0 saturated carbocycles. The van der Waals surface area contributed by atoms with Gasteiger partial charge in [0.25, 0.3) is 0 Å². The third-order valence-electron chi connectivity index (χ3n) is 2.66. The van der Waals surface area contributed by atoms with Crippen molar-refractivity contribution in [2.45, 2.75) is 0 Å². The number of nitrogens with zero attached hydrogens (tertiary/aromatic N) is 2. The second-order valence-electron chi connectivity index (χ2n) is 3.93. The van der Waals surface area contributed by atoms with Crippen molar-refractivity contribution in [1.29, 1.82) is 0 Å². The zero-order valence-corrected chi connectivity index (χ0v) is 10.0. The van der Waals surface area contributed by atoms with E-state index >= 15 is 0 Å². The number of benzene rings is 1. The summed E-state index contributed by atoms with van der Waals surface area (Å²) in [5.41, 5.74) is 9.12. The van der Waals surface area contributed by atoms with Gasteiger partial charge in [0.05, 0.1) is 19.4 Å². The molecule has 0 spiro atoms. The van der Waals surface area contributed by atoms with Gasteiger partial charge in [-0.3, -0.25) is 0 Å². The number of primary amides is 1. The highest BCUT2D eigenvalue weighted by molar-refractivity contribution is 5.82. The monoisotopic (exact) mass is 248 g/mol. The predicted molar refractivity (Wildman–Crippen MR) is 69.8 cm³/mol. The number of urea groups is 1. The Kier molecular flexibility index (Phi) is 4.14. The van der Waals surface area contributed by atoms with Crippen LogP contribution in [-0.2, 0) is 4.74 Å². The van der Waals surface area contributed by atoms with E-state index in [-0.39, 0.29) is 0 Å². The van der Waals surface area contributed by atoms with Gasteiger partial charge < -0.3 is 15.4 Å². The summed E-state index contributed by atoms with van der Waals surface area (Å²) < 4.78 is 5.31. The Morgan fingerprint density at radius 1 is 1.33 bits per heavy atom. The molecule has 1 heterocycles. The van der Waals surface area contributed by atoms with Gasteiger partial charge in [-0.15, -0.1) is 0 Å². The number of morpholine rings is 1. The Morgan fingerprint density at radius 2 is 2.00 bits per heavy atom. The zero-order valence-electron chi connectivity index (χ0n) is 10.0. The van der Waals surface area contributed by atoms with Gasteiger partial charge >= 0.3 is 6.03 Å². The molecule has 1 aromatic rings. The van der Waals surface area contributed by atoms with Crippen LogP contribution in [0.4, 0.5) is 10.5 Å². The molecule has 1 aliphatic rings. The molecular weight excluding hydrogens is 232 g/mol. The number of hydrogen-bond acceptors (Lipinski definition) is 4. The van der Waals surface area contributed by atoms with Gasteiger partial charge in [0, 0.05) is 18.8 Å². The zero-order chi connectivity index (χ0) is 12.8. The highest BCUT2D eigenvalue weighted by atomic mass is 16.5. The first-order chi connectivity index (χ1) is 8.75. The Morgan fingerprint density at radius 3 is 2.61 bits per heavy atom. The van der Waals surface area contributed by atoms with Gasteiger partial charge in [-0.1, -0.05) is 12.1 Å². The molecule has 6 nitrogen and oxygen atoms in total. The number of hydrogen-bond donors (Lipinski definition) is 2. The Hall–Kier alpha value is -2.08. The van der Waals surface area contributed by atoms with Crippen molar-refractivity contribution in [3.63, 3.8) is 0 Å². The van der Waals surface area contributed by atoms with Crippen LogP contribution in [0.15, 0.2) is 29.4 Å². The van der Waals surface area contributed by atoms with Crippen LogP contribution in [0.3, 0.4) is 0 Å². The van der Waals surface area contributed by atoms with E-state index in [9.17, 15) is 4.79 Å². The molecule has 1 aliphatic heterocycles. The summed E-state index contributed by atoms with van der Waals surface area (Å²) in [6, 6.07) is 7.26. The van der Waals surface area contributed by atoms with Gasteiger partial charge in [0.15, 0.2) is 0 Å². The molecule has 0 aliphatic carbocycles. The normalized spacial score (nSPS) is 15.9. The molecule has 96 valence electrons. The molecule has 1 aromatic carbocycles. The largest absolute Gasteiger partial charge is 0.378 e. The SMILES string of the molecule is NC(=O)NN=Cc1ccc(N2CCOCC2)cc1. The van der Waals surface area contributed by atoms with Crippen molar-refractivity contribution in [3.8, 4) is 0 Å². The molecule has 1 fully saturated rings. The van der Waals surface area contributed by atoms with Crippen LogP contribution in [0.25, 0.3) is 0 Å². The third kappa shape index (κ3) is 3.46. The first kappa shape index (κ1) is 12.4. The molecule has 0 aromatic heterocycles. The fraction of sp³-hybridized carbons (Fsp3) is 0.333. The highest BCUT2D eigenvalue weighted by Crippen LogP contribution is 2.15. The Labute approximate surface area is 105 Å². The van der Waals surface area contributed by atoms with Gasteiger partial charge in [0.1, 0.15) is 0 Å². The summed E-state index contributed by atoms with van der Waals surface area (Å²) in [6.07, 6.45) is 1.55. The van der Waals surface area contributed by atoms with E-state index in [2.05, 4.69) is 15.4 Å². The Balaban J connectivity index is 1.96. The van der Waals surface area contributed by atoms with E-state index in [4.69, 9.17) is 10.5 Å². The van der Waals surface area contributed by atoms with E-state index in [1.165, 1.54) is 5.69 Å². The second-order valence-corrected chi connectivity index (χ2v) is 3.93. The van der Waals surface area contributed by atoms with Crippen LogP contribution in [-0.4, -0.2) is 38.5 Å². The minimum atomic E-state index is -0.670. The van der Waals surface area contributed by atoms with Gasteiger partial charge in [0.2, 0.25) is 0 Å². The lowest BCUT2D eigenvalue weighted by Crippen LogP contribution is -2.36. The summed E-state index contributed by atoms with van der Waals surface area (Å²) in [6.45, 7) is 3.37. The smallest absolute Gasteiger partial charge is 0.332 e. The fourth-order valence-electron chi connectivity index (χ4n) is 1.76. The van der Waals surface area contributed by atoms with Crippen molar-refractivity contribution in [2.75, 3.05) is 31.2 Å². The lowest BCUT2D eigenvalue weighted by atomic mass is 10.2. The molecule has 2 amide bonds.